The molecule has 23 heavy (non-hydrogen) atoms. The van der Waals surface area contributed by atoms with Crippen LogP contribution < -0.4 is 0 Å². The Morgan fingerprint density at radius 3 is 1.78 bits per heavy atom. The Balaban J connectivity index is 2.70. The number of rotatable bonds is 3. The van der Waals surface area contributed by atoms with Crippen LogP contribution in [0.15, 0.2) is 12.1 Å². The van der Waals surface area contributed by atoms with Gasteiger partial charge in [-0.15, -0.1) is 0 Å². The number of aromatic carboxylic acids is 1. The van der Waals surface area contributed by atoms with E-state index in [0.717, 1.165) is 12.1 Å². The first-order chi connectivity index (χ1) is 10.7. The highest BCUT2D eigenvalue weighted by Gasteiger charge is 2.28. The van der Waals surface area contributed by atoms with Crippen LogP contribution in [0.1, 0.15) is 21.5 Å². The Morgan fingerprint density at radius 2 is 1.30 bits per heavy atom. The number of phenols is 2. The molecule has 0 aromatic heterocycles. The van der Waals surface area contributed by atoms with E-state index in [2.05, 4.69) is 0 Å². The Kier molecular flexibility index (Phi) is 4.13. The lowest BCUT2D eigenvalue weighted by Crippen LogP contribution is -2.10. The topological polar surface area (TPSA) is 77.8 Å². The molecule has 0 fully saturated rings. The van der Waals surface area contributed by atoms with Crippen LogP contribution in [0.4, 0.5) is 22.0 Å². The molecule has 2 aromatic carbocycles. The minimum Gasteiger partial charge on any atom is -0.504 e. The van der Waals surface area contributed by atoms with Gasteiger partial charge in [-0.05, 0) is 12.1 Å². The SMILES string of the molecule is O=C(O)c1ccc(O)c(O)c1Cc1c(F)c(F)c(F)c(F)c1F. The third-order valence-corrected chi connectivity index (χ3v) is 3.15. The zero-order valence-electron chi connectivity index (χ0n) is 11.0. The summed E-state index contributed by atoms with van der Waals surface area (Å²) in [5, 5.41) is 27.9. The van der Waals surface area contributed by atoms with Gasteiger partial charge in [0, 0.05) is 17.5 Å². The molecule has 0 radical (unpaired) electrons. The van der Waals surface area contributed by atoms with E-state index < -0.39 is 69.7 Å². The quantitative estimate of drug-likeness (QED) is 0.349. The normalized spacial score (nSPS) is 10.8. The highest BCUT2D eigenvalue weighted by atomic mass is 19.2. The smallest absolute Gasteiger partial charge is 0.336 e. The average molecular weight is 334 g/mol. The monoisotopic (exact) mass is 334 g/mol. The van der Waals surface area contributed by atoms with E-state index in [1.807, 2.05) is 0 Å². The first-order valence-corrected chi connectivity index (χ1v) is 5.94. The number of carboxylic acids is 1. The minimum absolute atomic E-state index is 0.663. The Morgan fingerprint density at radius 1 is 0.826 bits per heavy atom. The van der Waals surface area contributed by atoms with Crippen molar-refractivity contribution in [2.45, 2.75) is 6.42 Å². The van der Waals surface area contributed by atoms with Crippen molar-refractivity contribution >= 4 is 5.97 Å². The summed E-state index contributed by atoms with van der Waals surface area (Å²) in [6, 6.07) is 1.62. The molecule has 4 nitrogen and oxygen atoms in total. The Labute approximate surface area is 125 Å². The maximum atomic E-state index is 13.6. The van der Waals surface area contributed by atoms with E-state index >= 15 is 0 Å². The molecule has 0 saturated carbocycles. The summed E-state index contributed by atoms with van der Waals surface area (Å²) in [7, 11) is 0. The van der Waals surface area contributed by atoms with Crippen LogP contribution >= 0.6 is 0 Å². The van der Waals surface area contributed by atoms with Crippen molar-refractivity contribution < 1.29 is 42.1 Å². The first kappa shape index (κ1) is 16.5. The van der Waals surface area contributed by atoms with E-state index in [-0.39, 0.29) is 0 Å². The summed E-state index contributed by atoms with van der Waals surface area (Å²) in [5.74, 6) is -14.5. The van der Waals surface area contributed by atoms with Gasteiger partial charge in [0.25, 0.3) is 0 Å². The number of hydrogen-bond donors (Lipinski definition) is 3. The summed E-state index contributed by atoms with van der Waals surface area (Å²) < 4.78 is 66.6. The highest BCUT2D eigenvalue weighted by molar-refractivity contribution is 5.91. The lowest BCUT2D eigenvalue weighted by atomic mass is 9.97. The molecule has 0 atom stereocenters. The van der Waals surface area contributed by atoms with Crippen molar-refractivity contribution in [3.63, 3.8) is 0 Å². The summed E-state index contributed by atoms with van der Waals surface area (Å²) in [5.41, 5.74) is -2.69. The molecule has 0 unspecified atom stereocenters. The summed E-state index contributed by atoms with van der Waals surface area (Å²) in [6.45, 7) is 0. The molecule has 0 aliphatic rings. The van der Waals surface area contributed by atoms with Gasteiger partial charge in [0.2, 0.25) is 5.82 Å². The van der Waals surface area contributed by atoms with E-state index in [0.29, 0.717) is 0 Å². The van der Waals surface area contributed by atoms with Gasteiger partial charge in [-0.25, -0.2) is 26.7 Å². The van der Waals surface area contributed by atoms with Gasteiger partial charge in [-0.1, -0.05) is 0 Å². The Bertz CT molecular complexity index is 791. The lowest BCUT2D eigenvalue weighted by Gasteiger charge is -2.12. The fraction of sp³-hybridized carbons (Fsp3) is 0.0714. The van der Waals surface area contributed by atoms with Crippen molar-refractivity contribution in [2.24, 2.45) is 0 Å². The van der Waals surface area contributed by atoms with Crippen LogP contribution in [-0.4, -0.2) is 21.3 Å². The number of carboxylic acid groups (broad SMARTS) is 1. The maximum Gasteiger partial charge on any atom is 0.336 e. The minimum atomic E-state index is -2.36. The molecule has 2 rings (SSSR count). The van der Waals surface area contributed by atoms with Gasteiger partial charge in [0.15, 0.2) is 34.8 Å². The molecule has 0 aliphatic heterocycles. The maximum absolute atomic E-state index is 13.6. The van der Waals surface area contributed by atoms with E-state index in [1.165, 1.54) is 0 Å². The standard InChI is InChI=1S/C14H7F5O4/c15-8-6(9(16)11(18)12(19)10(8)17)3-5-4(14(22)23)1-2-7(20)13(5)21/h1-2,20-21H,3H2,(H,22,23). The summed E-state index contributed by atoms with van der Waals surface area (Å²) in [4.78, 5) is 11.0. The molecule has 0 heterocycles. The van der Waals surface area contributed by atoms with Gasteiger partial charge in [-0.2, -0.15) is 0 Å². The number of carbonyl (C=O) groups is 1. The van der Waals surface area contributed by atoms with E-state index in [9.17, 15) is 37.0 Å². The number of benzene rings is 2. The molecule has 0 spiro atoms. The van der Waals surface area contributed by atoms with Crippen LogP contribution in [0.3, 0.4) is 0 Å². The van der Waals surface area contributed by atoms with Crippen LogP contribution in [0.5, 0.6) is 11.5 Å². The zero-order chi connectivity index (χ0) is 17.5. The van der Waals surface area contributed by atoms with Gasteiger partial charge in [0.1, 0.15) is 0 Å². The Hall–Kier alpha value is -2.84. The molecule has 9 heteroatoms. The molecule has 3 N–H and O–H groups in total. The van der Waals surface area contributed by atoms with Crippen LogP contribution in [0.25, 0.3) is 0 Å². The van der Waals surface area contributed by atoms with Gasteiger partial charge in [0.05, 0.1) is 5.56 Å². The van der Waals surface area contributed by atoms with Crippen LogP contribution in [0.2, 0.25) is 0 Å². The number of aromatic hydroxyl groups is 2. The number of hydrogen-bond acceptors (Lipinski definition) is 3. The van der Waals surface area contributed by atoms with Gasteiger partial charge in [-0.3, -0.25) is 0 Å². The third-order valence-electron chi connectivity index (χ3n) is 3.15. The molecular formula is C14H7F5O4. The highest BCUT2D eigenvalue weighted by Crippen LogP contribution is 2.35. The predicted molar refractivity (Wildman–Crippen MR) is 65.8 cm³/mol. The van der Waals surface area contributed by atoms with E-state index in [1.54, 1.807) is 0 Å². The largest absolute Gasteiger partial charge is 0.504 e. The fourth-order valence-electron chi connectivity index (χ4n) is 1.99. The van der Waals surface area contributed by atoms with Crippen molar-refractivity contribution in [2.75, 3.05) is 0 Å². The second-order valence-corrected chi connectivity index (χ2v) is 4.49. The second kappa shape index (κ2) is 5.75. The van der Waals surface area contributed by atoms with E-state index in [4.69, 9.17) is 5.11 Å². The van der Waals surface area contributed by atoms with Crippen LogP contribution in [-0.2, 0) is 6.42 Å². The predicted octanol–water partition coefficient (Wildman–Crippen LogP) is 3.08. The molecule has 0 amide bonds. The van der Waals surface area contributed by atoms with Crippen molar-refractivity contribution in [3.05, 3.63) is 57.9 Å². The summed E-state index contributed by atoms with van der Waals surface area (Å²) in [6.07, 6.45) is -1.13. The number of phenolic OH excluding ortho intramolecular Hbond substituents is 2. The average Bonchev–Trinajstić information content (AvgIpc) is 2.51. The van der Waals surface area contributed by atoms with Crippen LogP contribution in [0, 0.1) is 29.1 Å². The van der Waals surface area contributed by atoms with Gasteiger partial charge >= 0.3 is 5.97 Å². The van der Waals surface area contributed by atoms with Crippen molar-refractivity contribution in [3.8, 4) is 11.5 Å². The summed E-state index contributed by atoms with van der Waals surface area (Å²) >= 11 is 0. The first-order valence-electron chi connectivity index (χ1n) is 5.94. The molecular weight excluding hydrogens is 327 g/mol. The molecule has 0 aliphatic carbocycles. The second-order valence-electron chi connectivity index (χ2n) is 4.49. The zero-order valence-corrected chi connectivity index (χ0v) is 11.0. The molecule has 0 saturated heterocycles. The lowest BCUT2D eigenvalue weighted by molar-refractivity contribution is 0.0695. The van der Waals surface area contributed by atoms with Crippen molar-refractivity contribution in [1.29, 1.82) is 0 Å². The number of halogens is 5. The fourth-order valence-corrected chi connectivity index (χ4v) is 1.99. The van der Waals surface area contributed by atoms with Crippen molar-refractivity contribution in [1.82, 2.24) is 0 Å². The molecule has 2 aromatic rings. The molecule has 122 valence electrons. The third kappa shape index (κ3) is 2.65. The molecule has 0 bridgehead atoms. The van der Waals surface area contributed by atoms with Gasteiger partial charge < -0.3 is 15.3 Å².